The molecule has 1 rings (SSSR count). The van der Waals surface area contributed by atoms with E-state index in [9.17, 15) is 15.0 Å². The molecule has 0 aliphatic carbocycles. The minimum absolute atomic E-state index is 0.106. The average Bonchev–Trinajstić information content (AvgIpc) is 2.43. The zero-order chi connectivity index (χ0) is 13.7. The molecule has 2 N–H and O–H groups in total. The molecule has 0 aromatic heterocycles. The second-order valence-electron chi connectivity index (χ2n) is 3.48. The molecule has 6 heteroatoms. The number of hydrogen-bond donors (Lipinski definition) is 2. The number of carbonyl (C=O) groups excluding carboxylic acids is 1. The number of nitriles is 1. The van der Waals surface area contributed by atoms with Crippen molar-refractivity contribution in [2.75, 3.05) is 14.2 Å². The number of nitrogens with zero attached hydrogens (tertiary/aromatic N) is 1. The summed E-state index contributed by atoms with van der Waals surface area (Å²) >= 11 is 0. The summed E-state index contributed by atoms with van der Waals surface area (Å²) in [6.07, 6.45) is -3.31. The van der Waals surface area contributed by atoms with E-state index in [2.05, 4.69) is 4.74 Å². The molecule has 0 heterocycles. The van der Waals surface area contributed by atoms with Crippen LogP contribution in [-0.2, 0) is 9.53 Å². The van der Waals surface area contributed by atoms with Gasteiger partial charge in [0.1, 0.15) is 11.9 Å². The van der Waals surface area contributed by atoms with Gasteiger partial charge < -0.3 is 19.7 Å². The summed E-state index contributed by atoms with van der Waals surface area (Å²) in [5, 5.41) is 28.3. The second kappa shape index (κ2) is 6.00. The van der Waals surface area contributed by atoms with Crippen molar-refractivity contribution in [1.82, 2.24) is 0 Å². The van der Waals surface area contributed by atoms with Crippen LogP contribution in [0.3, 0.4) is 0 Å². The van der Waals surface area contributed by atoms with Crippen molar-refractivity contribution < 1.29 is 24.5 Å². The molecule has 0 aliphatic rings. The van der Waals surface area contributed by atoms with Crippen molar-refractivity contribution in [1.29, 1.82) is 5.26 Å². The molecule has 0 amide bonds. The van der Waals surface area contributed by atoms with Gasteiger partial charge in [-0.05, 0) is 18.2 Å². The molecule has 1 aromatic rings. The molecular formula is C12H13NO5. The fraction of sp³-hybridized carbons (Fsp3) is 0.333. The van der Waals surface area contributed by atoms with Crippen LogP contribution in [0.2, 0.25) is 0 Å². The Morgan fingerprint density at radius 3 is 2.56 bits per heavy atom. The van der Waals surface area contributed by atoms with Crippen LogP contribution in [-0.4, -0.2) is 36.5 Å². The molecule has 2 unspecified atom stereocenters. The molecule has 0 spiro atoms. The van der Waals surface area contributed by atoms with Gasteiger partial charge in [0.25, 0.3) is 0 Å². The highest BCUT2D eigenvalue weighted by molar-refractivity contribution is 5.75. The normalized spacial score (nSPS) is 13.3. The Morgan fingerprint density at radius 2 is 2.06 bits per heavy atom. The Kier molecular flexibility index (Phi) is 4.66. The number of methoxy groups -OCH3 is 2. The Hall–Kier alpha value is -2.10. The summed E-state index contributed by atoms with van der Waals surface area (Å²) in [6.45, 7) is 0. The predicted octanol–water partition coefficient (Wildman–Crippen LogP) is 0.134. The van der Waals surface area contributed by atoms with Crippen LogP contribution in [0.4, 0.5) is 0 Å². The number of ether oxygens (including phenoxy) is 2. The number of carbonyl (C=O) groups is 1. The van der Waals surface area contributed by atoms with Gasteiger partial charge in [-0.25, -0.2) is 4.79 Å². The lowest BCUT2D eigenvalue weighted by Gasteiger charge is -2.17. The molecule has 0 saturated carbocycles. The fourth-order valence-corrected chi connectivity index (χ4v) is 1.43. The van der Waals surface area contributed by atoms with Crippen LogP contribution >= 0.6 is 0 Å². The minimum atomic E-state index is -1.76. The summed E-state index contributed by atoms with van der Waals surface area (Å²) in [5.41, 5.74) is 0.251. The van der Waals surface area contributed by atoms with Gasteiger partial charge in [0.15, 0.2) is 6.10 Å². The second-order valence-corrected chi connectivity index (χ2v) is 3.48. The largest absolute Gasteiger partial charge is 0.497 e. The molecule has 2 atom stereocenters. The molecule has 18 heavy (non-hydrogen) atoms. The third-order valence-corrected chi connectivity index (χ3v) is 2.44. The zero-order valence-electron chi connectivity index (χ0n) is 9.95. The average molecular weight is 251 g/mol. The summed E-state index contributed by atoms with van der Waals surface area (Å²) in [4.78, 5) is 11.1. The van der Waals surface area contributed by atoms with E-state index in [4.69, 9.17) is 10.00 Å². The molecular weight excluding hydrogens is 238 g/mol. The molecule has 0 fully saturated rings. The van der Waals surface area contributed by atoms with Crippen LogP contribution in [0.15, 0.2) is 18.2 Å². The van der Waals surface area contributed by atoms with Crippen LogP contribution in [0, 0.1) is 11.3 Å². The lowest BCUT2D eigenvalue weighted by atomic mass is 9.99. The minimum Gasteiger partial charge on any atom is -0.497 e. The quantitative estimate of drug-likeness (QED) is 0.738. The first-order chi connectivity index (χ1) is 8.54. The van der Waals surface area contributed by atoms with Gasteiger partial charge in [0, 0.05) is 5.56 Å². The van der Waals surface area contributed by atoms with E-state index in [1.54, 1.807) is 6.07 Å². The topological polar surface area (TPSA) is 99.8 Å². The Labute approximate surface area is 104 Å². The SMILES string of the molecule is COC(=O)C(O)C(O)c1cc(OC)ccc1C#N. The maximum absolute atomic E-state index is 11.1. The van der Waals surface area contributed by atoms with Gasteiger partial charge in [-0.1, -0.05) is 0 Å². The predicted molar refractivity (Wildman–Crippen MR) is 60.7 cm³/mol. The Bertz CT molecular complexity index is 480. The maximum Gasteiger partial charge on any atom is 0.337 e. The number of benzene rings is 1. The van der Waals surface area contributed by atoms with E-state index < -0.39 is 18.2 Å². The highest BCUT2D eigenvalue weighted by atomic mass is 16.5. The van der Waals surface area contributed by atoms with Crippen molar-refractivity contribution in [3.05, 3.63) is 29.3 Å². The van der Waals surface area contributed by atoms with Gasteiger partial charge >= 0.3 is 5.97 Å². The fourth-order valence-electron chi connectivity index (χ4n) is 1.43. The molecule has 6 nitrogen and oxygen atoms in total. The van der Waals surface area contributed by atoms with Gasteiger partial charge in [-0.15, -0.1) is 0 Å². The van der Waals surface area contributed by atoms with Crippen LogP contribution in [0.1, 0.15) is 17.2 Å². The molecule has 0 bridgehead atoms. The van der Waals surface area contributed by atoms with Gasteiger partial charge in [0.05, 0.1) is 25.9 Å². The number of hydrogen-bond acceptors (Lipinski definition) is 6. The van der Waals surface area contributed by atoms with E-state index in [0.717, 1.165) is 7.11 Å². The first-order valence-corrected chi connectivity index (χ1v) is 5.07. The number of rotatable bonds is 4. The number of aliphatic hydroxyl groups is 2. The van der Waals surface area contributed by atoms with Crippen LogP contribution < -0.4 is 4.74 Å². The van der Waals surface area contributed by atoms with E-state index >= 15 is 0 Å². The highest BCUT2D eigenvalue weighted by Gasteiger charge is 2.28. The number of esters is 1. The standard InChI is InChI=1S/C12H13NO5/c1-17-8-4-3-7(6-13)9(5-8)10(14)11(15)12(16)18-2/h3-5,10-11,14-15H,1-2H3. The monoisotopic (exact) mass is 251 g/mol. The maximum atomic E-state index is 11.1. The third-order valence-electron chi connectivity index (χ3n) is 2.44. The summed E-state index contributed by atoms with van der Waals surface area (Å²) in [7, 11) is 2.52. The molecule has 1 aromatic carbocycles. The van der Waals surface area contributed by atoms with Crippen LogP contribution in [0.5, 0.6) is 5.75 Å². The van der Waals surface area contributed by atoms with E-state index in [-0.39, 0.29) is 11.1 Å². The molecule has 96 valence electrons. The Balaban J connectivity index is 3.14. The number of aliphatic hydroxyl groups excluding tert-OH is 2. The highest BCUT2D eigenvalue weighted by Crippen LogP contribution is 2.25. The molecule has 0 saturated heterocycles. The first-order valence-electron chi connectivity index (χ1n) is 5.07. The lowest BCUT2D eigenvalue weighted by Crippen LogP contribution is -2.29. The summed E-state index contributed by atoms with van der Waals surface area (Å²) in [5.74, 6) is -0.575. The van der Waals surface area contributed by atoms with Gasteiger partial charge in [-0.2, -0.15) is 5.26 Å². The van der Waals surface area contributed by atoms with E-state index in [0.29, 0.717) is 5.75 Å². The smallest absolute Gasteiger partial charge is 0.337 e. The Morgan fingerprint density at radius 1 is 1.39 bits per heavy atom. The molecule has 0 radical (unpaired) electrons. The van der Waals surface area contributed by atoms with Crippen molar-refractivity contribution in [3.8, 4) is 11.8 Å². The first kappa shape index (κ1) is 14.0. The lowest BCUT2D eigenvalue weighted by molar-refractivity contribution is -0.156. The van der Waals surface area contributed by atoms with Crippen LogP contribution in [0.25, 0.3) is 0 Å². The van der Waals surface area contributed by atoms with Crippen molar-refractivity contribution >= 4 is 5.97 Å². The van der Waals surface area contributed by atoms with Gasteiger partial charge in [-0.3, -0.25) is 0 Å². The van der Waals surface area contributed by atoms with Crippen molar-refractivity contribution in [3.63, 3.8) is 0 Å². The van der Waals surface area contributed by atoms with E-state index in [1.807, 2.05) is 6.07 Å². The molecule has 0 aliphatic heterocycles. The summed E-state index contributed by atoms with van der Waals surface area (Å²) < 4.78 is 9.27. The zero-order valence-corrected chi connectivity index (χ0v) is 9.95. The van der Waals surface area contributed by atoms with Crippen molar-refractivity contribution in [2.24, 2.45) is 0 Å². The van der Waals surface area contributed by atoms with Gasteiger partial charge in [0.2, 0.25) is 0 Å². The van der Waals surface area contributed by atoms with Crippen molar-refractivity contribution in [2.45, 2.75) is 12.2 Å². The van der Waals surface area contributed by atoms with E-state index in [1.165, 1.54) is 19.2 Å². The third kappa shape index (κ3) is 2.77. The summed E-state index contributed by atoms with van der Waals surface area (Å²) in [6, 6.07) is 6.22.